The molecular formula is C21H21N3O5S. The van der Waals surface area contributed by atoms with E-state index in [9.17, 15) is 14.7 Å². The maximum Gasteiger partial charge on any atom is 0.358 e. The number of carbonyl (C=O) groups excluding carboxylic acids is 2. The smallest absolute Gasteiger partial charge is 0.358 e. The molecule has 9 heteroatoms. The van der Waals surface area contributed by atoms with Crippen LogP contribution in [0.5, 0.6) is 0 Å². The van der Waals surface area contributed by atoms with Crippen LogP contribution in [0.25, 0.3) is 21.8 Å². The van der Waals surface area contributed by atoms with E-state index in [2.05, 4.69) is 10.1 Å². The standard InChI is InChI=1S/C21H21N3O5S/c1-4-28-19(25)17-12(2)30-18(22-17)14-7-5-6-13(10-14)15-11-16(29-23-15)21(27)8-9-24(3)20(21)26/h5-7,10-11,27H,4,8-9H2,1-3H3/t21-/m1/s1. The summed E-state index contributed by atoms with van der Waals surface area (Å²) in [5.41, 5.74) is 0.698. The van der Waals surface area contributed by atoms with E-state index in [1.807, 2.05) is 31.2 Å². The Hall–Kier alpha value is -3.04. The van der Waals surface area contributed by atoms with E-state index in [0.29, 0.717) is 29.5 Å². The fourth-order valence-corrected chi connectivity index (χ4v) is 4.31. The van der Waals surface area contributed by atoms with E-state index in [1.165, 1.54) is 16.2 Å². The van der Waals surface area contributed by atoms with E-state index in [0.717, 1.165) is 16.0 Å². The molecular weight excluding hydrogens is 406 g/mol. The van der Waals surface area contributed by atoms with Gasteiger partial charge in [0.15, 0.2) is 11.5 Å². The zero-order chi connectivity index (χ0) is 21.5. The Kier molecular flexibility index (Phi) is 5.17. The normalized spacial score (nSPS) is 18.8. The number of nitrogens with zero attached hydrogens (tertiary/aromatic N) is 3. The Bertz CT molecular complexity index is 1120. The third kappa shape index (κ3) is 3.40. The van der Waals surface area contributed by atoms with Gasteiger partial charge >= 0.3 is 5.97 Å². The number of benzene rings is 1. The van der Waals surface area contributed by atoms with Crippen LogP contribution in [0.4, 0.5) is 0 Å². The van der Waals surface area contributed by atoms with E-state index in [4.69, 9.17) is 9.26 Å². The van der Waals surface area contributed by atoms with Gasteiger partial charge in [-0.1, -0.05) is 23.4 Å². The Morgan fingerprint density at radius 2 is 2.13 bits per heavy atom. The summed E-state index contributed by atoms with van der Waals surface area (Å²) in [4.78, 5) is 31.0. The summed E-state index contributed by atoms with van der Waals surface area (Å²) < 4.78 is 10.4. The second kappa shape index (κ2) is 7.66. The van der Waals surface area contributed by atoms with E-state index < -0.39 is 17.5 Å². The van der Waals surface area contributed by atoms with Crippen LogP contribution in [0.3, 0.4) is 0 Å². The number of amides is 1. The van der Waals surface area contributed by atoms with Gasteiger partial charge in [0.2, 0.25) is 5.60 Å². The van der Waals surface area contributed by atoms with Crippen molar-refractivity contribution in [3.8, 4) is 21.8 Å². The monoisotopic (exact) mass is 427 g/mol. The molecule has 8 nitrogen and oxygen atoms in total. The van der Waals surface area contributed by atoms with Crippen LogP contribution in [0.1, 0.15) is 34.5 Å². The quantitative estimate of drug-likeness (QED) is 0.624. The van der Waals surface area contributed by atoms with Crippen LogP contribution in [-0.4, -0.2) is 52.2 Å². The molecule has 1 atom stereocenters. The van der Waals surface area contributed by atoms with Gasteiger partial charge in [-0.05, 0) is 19.9 Å². The molecule has 1 amide bonds. The Morgan fingerprint density at radius 3 is 2.83 bits per heavy atom. The fraction of sp³-hybridized carbons (Fsp3) is 0.333. The lowest BCUT2D eigenvalue weighted by Crippen LogP contribution is -2.35. The van der Waals surface area contributed by atoms with Gasteiger partial charge in [0.25, 0.3) is 5.91 Å². The van der Waals surface area contributed by atoms with Crippen molar-refractivity contribution in [3.63, 3.8) is 0 Å². The number of hydrogen-bond acceptors (Lipinski definition) is 8. The second-order valence-electron chi connectivity index (χ2n) is 7.14. The number of aryl methyl sites for hydroxylation is 1. The average Bonchev–Trinajstić information content (AvgIpc) is 3.44. The number of thiazole rings is 1. The van der Waals surface area contributed by atoms with Gasteiger partial charge in [-0.2, -0.15) is 0 Å². The SMILES string of the molecule is CCOC(=O)c1nc(-c2cccc(-c3cc([C@]4(O)CCN(C)C4=O)on3)c2)sc1C. The lowest BCUT2D eigenvalue weighted by molar-refractivity contribution is -0.144. The van der Waals surface area contributed by atoms with Crippen molar-refractivity contribution in [2.45, 2.75) is 25.9 Å². The fourth-order valence-electron chi connectivity index (χ4n) is 3.41. The zero-order valence-corrected chi connectivity index (χ0v) is 17.7. The molecule has 0 unspecified atom stereocenters. The number of ether oxygens (including phenoxy) is 1. The molecule has 1 fully saturated rings. The molecule has 1 aliphatic rings. The number of aromatic nitrogens is 2. The number of esters is 1. The summed E-state index contributed by atoms with van der Waals surface area (Å²) in [5.74, 6) is -0.704. The third-order valence-electron chi connectivity index (χ3n) is 5.10. The molecule has 1 aromatic carbocycles. The van der Waals surface area contributed by atoms with E-state index in [1.54, 1.807) is 20.0 Å². The lowest BCUT2D eigenvalue weighted by Gasteiger charge is -2.16. The predicted octanol–water partition coefficient (Wildman–Crippen LogP) is 3.00. The molecule has 1 N–H and O–H groups in total. The summed E-state index contributed by atoms with van der Waals surface area (Å²) in [6.45, 7) is 4.33. The molecule has 0 saturated carbocycles. The van der Waals surface area contributed by atoms with Gasteiger partial charge in [0.1, 0.15) is 10.7 Å². The number of likely N-dealkylation sites (tertiary alicyclic amines) is 1. The van der Waals surface area contributed by atoms with Crippen molar-refractivity contribution in [1.82, 2.24) is 15.0 Å². The Morgan fingerprint density at radius 1 is 1.37 bits per heavy atom. The minimum absolute atomic E-state index is 0.131. The van der Waals surface area contributed by atoms with Gasteiger partial charge in [0, 0.05) is 42.1 Å². The molecule has 0 bridgehead atoms. The number of carbonyl (C=O) groups is 2. The highest BCUT2D eigenvalue weighted by atomic mass is 32.1. The van der Waals surface area contributed by atoms with Gasteiger partial charge in [-0.15, -0.1) is 11.3 Å². The van der Waals surface area contributed by atoms with E-state index >= 15 is 0 Å². The van der Waals surface area contributed by atoms with Crippen LogP contribution in [0, 0.1) is 6.92 Å². The van der Waals surface area contributed by atoms with Gasteiger partial charge in [-0.25, -0.2) is 9.78 Å². The predicted molar refractivity (Wildman–Crippen MR) is 110 cm³/mol. The van der Waals surface area contributed by atoms with Gasteiger partial charge in [-0.3, -0.25) is 4.79 Å². The lowest BCUT2D eigenvalue weighted by atomic mass is 9.98. The highest BCUT2D eigenvalue weighted by molar-refractivity contribution is 7.15. The molecule has 0 aliphatic carbocycles. The maximum absolute atomic E-state index is 12.3. The maximum atomic E-state index is 12.3. The molecule has 2 aromatic heterocycles. The molecule has 3 aromatic rings. The summed E-state index contributed by atoms with van der Waals surface area (Å²) >= 11 is 1.41. The number of hydrogen-bond donors (Lipinski definition) is 1. The van der Waals surface area contributed by atoms with Crippen molar-refractivity contribution < 1.29 is 24.0 Å². The first-order valence-corrected chi connectivity index (χ1v) is 10.4. The average molecular weight is 427 g/mol. The van der Waals surface area contributed by atoms with Crippen LogP contribution in [0.2, 0.25) is 0 Å². The van der Waals surface area contributed by atoms with Crippen LogP contribution < -0.4 is 0 Å². The summed E-state index contributed by atoms with van der Waals surface area (Å²) in [6.07, 6.45) is 0.256. The minimum Gasteiger partial charge on any atom is -0.461 e. The Balaban J connectivity index is 1.64. The van der Waals surface area contributed by atoms with Crippen LogP contribution >= 0.6 is 11.3 Å². The first kappa shape index (κ1) is 20.2. The highest BCUT2D eigenvalue weighted by Gasteiger charge is 2.48. The van der Waals surface area contributed by atoms with Crippen LogP contribution in [0.15, 0.2) is 34.9 Å². The zero-order valence-electron chi connectivity index (χ0n) is 16.8. The first-order chi connectivity index (χ1) is 14.3. The van der Waals surface area contributed by atoms with Gasteiger partial charge < -0.3 is 19.3 Å². The number of rotatable bonds is 5. The third-order valence-corrected chi connectivity index (χ3v) is 6.12. The molecule has 4 rings (SSSR count). The Labute approximate surface area is 177 Å². The van der Waals surface area contributed by atoms with Crippen molar-refractivity contribution >= 4 is 23.2 Å². The molecule has 3 heterocycles. The largest absolute Gasteiger partial charge is 0.461 e. The molecule has 1 saturated heterocycles. The highest BCUT2D eigenvalue weighted by Crippen LogP contribution is 2.36. The first-order valence-electron chi connectivity index (χ1n) is 9.54. The van der Waals surface area contributed by atoms with Crippen LogP contribution in [-0.2, 0) is 15.1 Å². The second-order valence-corrected chi connectivity index (χ2v) is 8.34. The van der Waals surface area contributed by atoms with Gasteiger partial charge in [0.05, 0.1) is 6.61 Å². The summed E-state index contributed by atoms with van der Waals surface area (Å²) in [7, 11) is 1.64. The molecule has 156 valence electrons. The van der Waals surface area contributed by atoms with Crippen molar-refractivity contribution in [1.29, 1.82) is 0 Å². The van der Waals surface area contributed by atoms with E-state index in [-0.39, 0.29) is 12.2 Å². The molecule has 1 aliphatic heterocycles. The number of aliphatic hydroxyl groups is 1. The molecule has 30 heavy (non-hydrogen) atoms. The number of likely N-dealkylation sites (N-methyl/N-ethyl adjacent to an activating group) is 1. The molecule has 0 spiro atoms. The van der Waals surface area contributed by atoms with Crippen molar-refractivity contribution in [2.75, 3.05) is 20.2 Å². The topological polar surface area (TPSA) is 106 Å². The van der Waals surface area contributed by atoms with Crippen molar-refractivity contribution in [2.24, 2.45) is 0 Å². The van der Waals surface area contributed by atoms with Crippen molar-refractivity contribution in [3.05, 3.63) is 46.7 Å². The summed E-state index contributed by atoms with van der Waals surface area (Å²) in [5, 5.41) is 15.5. The minimum atomic E-state index is -1.68. The summed E-state index contributed by atoms with van der Waals surface area (Å²) in [6, 6.07) is 9.06. The molecule has 0 radical (unpaired) electrons.